The topological polar surface area (TPSA) is 128 Å². The van der Waals surface area contributed by atoms with Gasteiger partial charge < -0.3 is 15.4 Å². The van der Waals surface area contributed by atoms with Crippen LogP contribution in [0.15, 0.2) is 47.4 Å². The summed E-state index contributed by atoms with van der Waals surface area (Å²) in [4.78, 5) is 22.9. The van der Waals surface area contributed by atoms with Crippen molar-refractivity contribution in [1.82, 2.24) is 0 Å². The van der Waals surface area contributed by atoms with E-state index in [1.807, 2.05) is 0 Å². The minimum atomic E-state index is -3.99. The fourth-order valence-electron chi connectivity index (χ4n) is 2.28. The number of amides is 2. The van der Waals surface area contributed by atoms with Crippen molar-refractivity contribution in [2.24, 2.45) is 5.14 Å². The highest BCUT2D eigenvalue weighted by atomic mass is 32.2. The number of benzene rings is 2. The second-order valence-corrected chi connectivity index (χ2v) is 7.04. The summed E-state index contributed by atoms with van der Waals surface area (Å²) in [7, 11) is -2.66. The molecular weight excluding hydrogens is 358 g/mol. The molecule has 0 heterocycles. The number of methoxy groups -OCH3 is 1. The molecule has 0 saturated carbocycles. The molecule has 0 radical (unpaired) electrons. The molecule has 9 heteroatoms. The number of primary sulfonamides is 1. The number of rotatable bonds is 6. The SMILES string of the molecule is COc1ccc(NC(=O)Cc2ccc(NC(C)=O)cc2)cc1S(N)(=O)=O. The zero-order valence-corrected chi connectivity index (χ0v) is 15.1. The highest BCUT2D eigenvalue weighted by molar-refractivity contribution is 7.89. The number of hydrogen-bond acceptors (Lipinski definition) is 5. The number of carbonyl (C=O) groups is 2. The number of carbonyl (C=O) groups excluding carboxylic acids is 2. The molecule has 2 aromatic rings. The molecular formula is C17H19N3O5S. The fraction of sp³-hybridized carbons (Fsp3) is 0.176. The van der Waals surface area contributed by atoms with Gasteiger partial charge in [0.05, 0.1) is 13.5 Å². The van der Waals surface area contributed by atoms with Crippen molar-refractivity contribution in [3.63, 3.8) is 0 Å². The van der Waals surface area contributed by atoms with E-state index in [0.29, 0.717) is 5.69 Å². The molecule has 0 aliphatic rings. The highest BCUT2D eigenvalue weighted by Gasteiger charge is 2.16. The van der Waals surface area contributed by atoms with E-state index < -0.39 is 10.0 Å². The minimum Gasteiger partial charge on any atom is -0.495 e. The maximum absolute atomic E-state index is 12.2. The highest BCUT2D eigenvalue weighted by Crippen LogP contribution is 2.26. The second kappa shape index (κ2) is 7.98. The van der Waals surface area contributed by atoms with E-state index in [-0.39, 0.29) is 34.6 Å². The van der Waals surface area contributed by atoms with Crippen LogP contribution in [0.25, 0.3) is 0 Å². The Hall–Kier alpha value is -2.91. The third-order valence-electron chi connectivity index (χ3n) is 3.39. The van der Waals surface area contributed by atoms with Crippen LogP contribution in [0.5, 0.6) is 5.75 Å². The zero-order valence-electron chi connectivity index (χ0n) is 14.3. The van der Waals surface area contributed by atoms with Crippen molar-refractivity contribution in [1.29, 1.82) is 0 Å². The maximum Gasteiger partial charge on any atom is 0.241 e. The molecule has 2 amide bonds. The lowest BCUT2D eigenvalue weighted by Gasteiger charge is -2.10. The van der Waals surface area contributed by atoms with Crippen LogP contribution in [-0.4, -0.2) is 27.3 Å². The largest absolute Gasteiger partial charge is 0.495 e. The summed E-state index contributed by atoms with van der Waals surface area (Å²) in [6.07, 6.45) is 0.0804. The van der Waals surface area contributed by atoms with E-state index in [1.165, 1.54) is 32.2 Å². The summed E-state index contributed by atoms with van der Waals surface area (Å²) in [6.45, 7) is 1.41. The Kier molecular flexibility index (Phi) is 5.96. The predicted octanol–water partition coefficient (Wildman–Crippen LogP) is 1.48. The van der Waals surface area contributed by atoms with Crippen molar-refractivity contribution in [3.8, 4) is 5.75 Å². The van der Waals surface area contributed by atoms with Crippen molar-refractivity contribution in [3.05, 3.63) is 48.0 Å². The molecule has 0 fully saturated rings. The molecule has 0 aliphatic carbocycles. The summed E-state index contributed by atoms with van der Waals surface area (Å²) >= 11 is 0. The number of anilines is 2. The molecule has 0 aromatic heterocycles. The third kappa shape index (κ3) is 5.30. The molecule has 2 rings (SSSR count). The van der Waals surface area contributed by atoms with Crippen molar-refractivity contribution in [2.75, 3.05) is 17.7 Å². The molecule has 26 heavy (non-hydrogen) atoms. The Morgan fingerprint density at radius 3 is 2.19 bits per heavy atom. The average Bonchev–Trinajstić information content (AvgIpc) is 2.55. The molecule has 0 unspecified atom stereocenters. The Balaban J connectivity index is 2.09. The predicted molar refractivity (Wildman–Crippen MR) is 97.4 cm³/mol. The first-order chi connectivity index (χ1) is 12.2. The van der Waals surface area contributed by atoms with E-state index in [0.717, 1.165) is 5.56 Å². The van der Waals surface area contributed by atoms with Gasteiger partial charge in [-0.3, -0.25) is 9.59 Å². The van der Waals surface area contributed by atoms with Crippen molar-refractivity contribution in [2.45, 2.75) is 18.2 Å². The first-order valence-corrected chi connectivity index (χ1v) is 9.11. The van der Waals surface area contributed by atoms with Gasteiger partial charge in [-0.2, -0.15) is 0 Å². The standard InChI is InChI=1S/C17H19N3O5S/c1-11(21)19-13-5-3-12(4-6-13)9-17(22)20-14-7-8-15(25-2)16(10-14)26(18,23)24/h3-8,10H,9H2,1-2H3,(H,19,21)(H,20,22)(H2,18,23,24). The number of nitrogens with one attached hydrogen (secondary N) is 2. The van der Waals surface area contributed by atoms with Gasteiger partial charge in [0.25, 0.3) is 0 Å². The van der Waals surface area contributed by atoms with Gasteiger partial charge in [0.2, 0.25) is 21.8 Å². The Labute approximate surface area is 151 Å². The lowest BCUT2D eigenvalue weighted by molar-refractivity contribution is -0.116. The number of sulfonamides is 1. The van der Waals surface area contributed by atoms with Gasteiger partial charge in [-0.1, -0.05) is 12.1 Å². The van der Waals surface area contributed by atoms with Crippen LogP contribution in [0, 0.1) is 0 Å². The van der Waals surface area contributed by atoms with Gasteiger partial charge in [0.15, 0.2) is 0 Å². The monoisotopic (exact) mass is 377 g/mol. The van der Waals surface area contributed by atoms with Crippen molar-refractivity contribution >= 4 is 33.2 Å². The molecule has 0 bridgehead atoms. The van der Waals surface area contributed by atoms with Crippen LogP contribution >= 0.6 is 0 Å². The average molecular weight is 377 g/mol. The summed E-state index contributed by atoms with van der Waals surface area (Å²) in [5.74, 6) is -0.414. The van der Waals surface area contributed by atoms with Crippen LogP contribution in [0.3, 0.4) is 0 Å². The molecule has 0 saturated heterocycles. The first-order valence-electron chi connectivity index (χ1n) is 7.56. The first kappa shape index (κ1) is 19.4. The molecule has 0 atom stereocenters. The van der Waals surface area contributed by atoms with Gasteiger partial charge in [0, 0.05) is 18.3 Å². The van der Waals surface area contributed by atoms with E-state index in [9.17, 15) is 18.0 Å². The number of ether oxygens (including phenoxy) is 1. The molecule has 2 aromatic carbocycles. The maximum atomic E-state index is 12.2. The van der Waals surface area contributed by atoms with Gasteiger partial charge in [0.1, 0.15) is 10.6 Å². The lowest BCUT2D eigenvalue weighted by Crippen LogP contribution is -2.17. The fourth-order valence-corrected chi connectivity index (χ4v) is 3.00. The lowest BCUT2D eigenvalue weighted by atomic mass is 10.1. The second-order valence-electron chi connectivity index (χ2n) is 5.51. The Bertz CT molecular complexity index is 924. The smallest absolute Gasteiger partial charge is 0.241 e. The summed E-state index contributed by atoms with van der Waals surface area (Å²) in [5.41, 5.74) is 1.65. The van der Waals surface area contributed by atoms with Crippen LogP contribution in [0.4, 0.5) is 11.4 Å². The Morgan fingerprint density at radius 2 is 1.65 bits per heavy atom. The number of nitrogens with two attached hydrogens (primary N) is 1. The molecule has 0 spiro atoms. The van der Waals surface area contributed by atoms with E-state index in [4.69, 9.17) is 9.88 Å². The third-order valence-corrected chi connectivity index (χ3v) is 4.32. The summed E-state index contributed by atoms with van der Waals surface area (Å²) in [6, 6.07) is 11.0. The van der Waals surface area contributed by atoms with Crippen molar-refractivity contribution < 1.29 is 22.7 Å². The van der Waals surface area contributed by atoms with E-state index in [2.05, 4.69) is 10.6 Å². The normalized spacial score (nSPS) is 10.9. The zero-order chi connectivity index (χ0) is 19.3. The van der Waals surface area contributed by atoms with Crippen LogP contribution in [0.1, 0.15) is 12.5 Å². The number of hydrogen-bond donors (Lipinski definition) is 3. The Morgan fingerprint density at radius 1 is 1.04 bits per heavy atom. The van der Waals surface area contributed by atoms with Gasteiger partial charge in [-0.15, -0.1) is 0 Å². The molecule has 4 N–H and O–H groups in total. The quantitative estimate of drug-likeness (QED) is 0.702. The van der Waals surface area contributed by atoms with E-state index >= 15 is 0 Å². The molecule has 138 valence electrons. The van der Waals surface area contributed by atoms with Crippen LogP contribution in [-0.2, 0) is 26.0 Å². The summed E-state index contributed by atoms with van der Waals surface area (Å²) in [5, 5.41) is 10.4. The molecule has 0 aliphatic heterocycles. The van der Waals surface area contributed by atoms with Crippen LogP contribution < -0.4 is 20.5 Å². The van der Waals surface area contributed by atoms with Gasteiger partial charge >= 0.3 is 0 Å². The van der Waals surface area contributed by atoms with E-state index in [1.54, 1.807) is 24.3 Å². The van der Waals surface area contributed by atoms with Crippen LogP contribution in [0.2, 0.25) is 0 Å². The van der Waals surface area contributed by atoms with Gasteiger partial charge in [-0.25, -0.2) is 13.6 Å². The molecule has 8 nitrogen and oxygen atoms in total. The minimum absolute atomic E-state index is 0.0804. The summed E-state index contributed by atoms with van der Waals surface area (Å²) < 4.78 is 28.2. The van der Waals surface area contributed by atoms with Gasteiger partial charge in [-0.05, 0) is 35.9 Å².